The van der Waals surface area contributed by atoms with Crippen molar-refractivity contribution in [2.45, 2.75) is 19.9 Å². The summed E-state index contributed by atoms with van der Waals surface area (Å²) < 4.78 is 10.4. The summed E-state index contributed by atoms with van der Waals surface area (Å²) in [6.07, 6.45) is 0.748. The highest BCUT2D eigenvalue weighted by atomic mass is 127. The zero-order chi connectivity index (χ0) is 19.6. The van der Waals surface area contributed by atoms with Crippen LogP contribution in [0.3, 0.4) is 0 Å². The van der Waals surface area contributed by atoms with Crippen LogP contribution in [0.1, 0.15) is 18.1 Å². The number of phenolic OH excluding ortho intramolecular Hbond substituents is 1. The van der Waals surface area contributed by atoms with E-state index >= 15 is 0 Å². The number of hydrogen-bond acceptors (Lipinski definition) is 4. The van der Waals surface area contributed by atoms with Gasteiger partial charge in [-0.15, -0.1) is 24.0 Å². The number of aliphatic imine (C=N–C) groups is 1. The molecule has 0 saturated heterocycles. The lowest BCUT2D eigenvalue weighted by Crippen LogP contribution is -2.38. The van der Waals surface area contributed by atoms with Gasteiger partial charge in [0, 0.05) is 23.7 Å². The van der Waals surface area contributed by atoms with Gasteiger partial charge in [-0.3, -0.25) is 0 Å². The van der Waals surface area contributed by atoms with E-state index < -0.39 is 0 Å². The van der Waals surface area contributed by atoms with Crippen molar-refractivity contribution in [3.63, 3.8) is 0 Å². The van der Waals surface area contributed by atoms with E-state index in [-0.39, 0.29) is 29.7 Å². The molecule has 28 heavy (non-hydrogen) atoms. The number of benzene rings is 2. The van der Waals surface area contributed by atoms with Gasteiger partial charge in [0.2, 0.25) is 0 Å². The van der Waals surface area contributed by atoms with E-state index in [0.717, 1.165) is 24.3 Å². The fourth-order valence-corrected chi connectivity index (χ4v) is 2.76. The third-order valence-electron chi connectivity index (χ3n) is 3.99. The molecule has 3 N–H and O–H groups in total. The normalized spacial score (nSPS) is 10.8. The van der Waals surface area contributed by atoms with Crippen molar-refractivity contribution in [3.05, 3.63) is 52.5 Å². The molecule has 0 aliphatic rings. The minimum Gasteiger partial charge on any atom is -0.508 e. The van der Waals surface area contributed by atoms with Crippen LogP contribution in [0.15, 0.2) is 41.4 Å². The highest BCUT2D eigenvalue weighted by Crippen LogP contribution is 2.24. The van der Waals surface area contributed by atoms with Gasteiger partial charge in [-0.25, -0.2) is 4.99 Å². The average Bonchev–Trinajstić information content (AvgIpc) is 2.68. The fraction of sp³-hybridized carbons (Fsp3) is 0.350. The van der Waals surface area contributed by atoms with Gasteiger partial charge >= 0.3 is 0 Å². The summed E-state index contributed by atoms with van der Waals surface area (Å²) in [6.45, 7) is 3.74. The summed E-state index contributed by atoms with van der Waals surface area (Å²) in [4.78, 5) is 4.53. The van der Waals surface area contributed by atoms with Crippen LogP contribution in [-0.2, 0) is 13.0 Å². The summed E-state index contributed by atoms with van der Waals surface area (Å²) in [5.41, 5.74) is 1.73. The first-order chi connectivity index (χ1) is 13.1. The molecule has 6 nitrogen and oxygen atoms in total. The number of methoxy groups -OCH3 is 2. The number of guanidine groups is 1. The van der Waals surface area contributed by atoms with E-state index in [0.29, 0.717) is 35.4 Å². The van der Waals surface area contributed by atoms with Gasteiger partial charge in [-0.1, -0.05) is 17.7 Å². The maximum absolute atomic E-state index is 9.98. The van der Waals surface area contributed by atoms with E-state index in [2.05, 4.69) is 15.6 Å². The molecule has 0 amide bonds. The third-order valence-corrected chi connectivity index (χ3v) is 4.34. The van der Waals surface area contributed by atoms with Crippen LogP contribution in [0.4, 0.5) is 0 Å². The van der Waals surface area contributed by atoms with Crippen LogP contribution in [-0.4, -0.2) is 38.4 Å². The van der Waals surface area contributed by atoms with Crippen LogP contribution in [0.25, 0.3) is 0 Å². The molecule has 0 fully saturated rings. The Bertz CT molecular complexity index is 787. The lowest BCUT2D eigenvalue weighted by atomic mass is 10.1. The SMILES string of the molecule is CCNC(=NCc1cc(OC)ccc1O)NCCc1ccc(OC)cc1Cl.I. The number of nitrogens with zero attached hydrogens (tertiary/aromatic N) is 1. The molecule has 0 bridgehead atoms. The number of phenols is 1. The zero-order valence-electron chi connectivity index (χ0n) is 16.3. The Labute approximate surface area is 188 Å². The monoisotopic (exact) mass is 519 g/mol. The second kappa shape index (κ2) is 12.6. The molecule has 0 saturated carbocycles. The van der Waals surface area contributed by atoms with Gasteiger partial charge in [0.15, 0.2) is 5.96 Å². The number of rotatable bonds is 8. The number of nitrogens with one attached hydrogen (secondary N) is 2. The van der Waals surface area contributed by atoms with Gasteiger partial charge in [0.25, 0.3) is 0 Å². The molecular weight excluding hydrogens is 493 g/mol. The van der Waals surface area contributed by atoms with Gasteiger partial charge in [0.1, 0.15) is 17.2 Å². The van der Waals surface area contributed by atoms with Crippen molar-refractivity contribution in [1.82, 2.24) is 10.6 Å². The second-order valence-corrected chi connectivity index (χ2v) is 6.23. The summed E-state index contributed by atoms with van der Waals surface area (Å²) in [5.74, 6) is 2.29. The molecule has 0 heterocycles. The predicted octanol–water partition coefficient (Wildman–Crippen LogP) is 3.98. The van der Waals surface area contributed by atoms with Gasteiger partial charge in [-0.2, -0.15) is 0 Å². The summed E-state index contributed by atoms with van der Waals surface area (Å²) in [7, 11) is 3.21. The average molecular weight is 520 g/mol. The first-order valence-electron chi connectivity index (χ1n) is 8.77. The van der Waals surface area contributed by atoms with Crippen molar-refractivity contribution in [1.29, 1.82) is 0 Å². The molecule has 2 rings (SSSR count). The Balaban J connectivity index is 0.00000392. The standard InChI is InChI=1S/C20H26ClN3O3.HI/c1-4-22-20(24-13-15-11-16(26-2)7-8-19(15)25)23-10-9-14-5-6-17(27-3)12-18(14)21;/h5-8,11-12,25H,4,9-10,13H2,1-3H3,(H2,22,23,24);1H. The molecule has 0 spiro atoms. The van der Waals surface area contributed by atoms with Gasteiger partial charge in [-0.05, 0) is 49.2 Å². The Kier molecular flexibility index (Phi) is 10.8. The van der Waals surface area contributed by atoms with Crippen LogP contribution in [0.2, 0.25) is 5.02 Å². The van der Waals surface area contributed by atoms with Crippen LogP contribution < -0.4 is 20.1 Å². The minimum absolute atomic E-state index is 0. The number of ether oxygens (including phenoxy) is 2. The summed E-state index contributed by atoms with van der Waals surface area (Å²) in [6, 6.07) is 10.8. The largest absolute Gasteiger partial charge is 0.508 e. The fourth-order valence-electron chi connectivity index (χ4n) is 2.49. The number of aromatic hydroxyl groups is 1. The number of hydrogen-bond donors (Lipinski definition) is 3. The van der Waals surface area contributed by atoms with Crippen molar-refractivity contribution < 1.29 is 14.6 Å². The van der Waals surface area contributed by atoms with Crippen LogP contribution >= 0.6 is 35.6 Å². The molecule has 0 aliphatic heterocycles. The first-order valence-corrected chi connectivity index (χ1v) is 9.15. The Morgan fingerprint density at radius 1 is 1.04 bits per heavy atom. The Morgan fingerprint density at radius 2 is 1.71 bits per heavy atom. The lowest BCUT2D eigenvalue weighted by molar-refractivity contribution is 0.411. The van der Waals surface area contributed by atoms with Crippen molar-refractivity contribution >= 4 is 41.5 Å². The highest BCUT2D eigenvalue weighted by Gasteiger charge is 2.06. The Hall–Kier alpha value is -1.87. The topological polar surface area (TPSA) is 75.1 Å². The van der Waals surface area contributed by atoms with Crippen molar-refractivity contribution in [3.8, 4) is 17.2 Å². The van der Waals surface area contributed by atoms with Crippen LogP contribution in [0.5, 0.6) is 17.2 Å². The quantitative estimate of drug-likeness (QED) is 0.280. The molecule has 2 aromatic rings. The molecule has 8 heteroatoms. The highest BCUT2D eigenvalue weighted by molar-refractivity contribution is 14.0. The lowest BCUT2D eigenvalue weighted by Gasteiger charge is -2.13. The second-order valence-electron chi connectivity index (χ2n) is 5.82. The summed E-state index contributed by atoms with van der Waals surface area (Å²) >= 11 is 6.28. The van der Waals surface area contributed by atoms with E-state index in [1.807, 2.05) is 25.1 Å². The molecule has 2 aromatic carbocycles. The molecule has 154 valence electrons. The molecule has 0 radical (unpaired) electrons. The zero-order valence-corrected chi connectivity index (χ0v) is 19.4. The summed E-state index contributed by atoms with van der Waals surface area (Å²) in [5, 5.41) is 17.1. The molecule has 0 unspecified atom stereocenters. The van der Waals surface area contributed by atoms with E-state index in [1.54, 1.807) is 32.4 Å². The smallest absolute Gasteiger partial charge is 0.191 e. The first kappa shape index (κ1) is 24.2. The van der Waals surface area contributed by atoms with E-state index in [1.165, 1.54) is 0 Å². The molecular formula is C20H27ClIN3O3. The molecule has 0 aliphatic carbocycles. The molecule has 0 aromatic heterocycles. The predicted molar refractivity (Wildman–Crippen MR) is 125 cm³/mol. The van der Waals surface area contributed by atoms with Crippen molar-refractivity contribution in [2.75, 3.05) is 27.3 Å². The van der Waals surface area contributed by atoms with Gasteiger partial charge in [0.05, 0.1) is 20.8 Å². The third kappa shape index (κ3) is 7.27. The molecule has 0 atom stereocenters. The number of halogens is 2. The van der Waals surface area contributed by atoms with E-state index in [4.69, 9.17) is 21.1 Å². The van der Waals surface area contributed by atoms with Crippen molar-refractivity contribution in [2.24, 2.45) is 4.99 Å². The minimum atomic E-state index is 0. The maximum Gasteiger partial charge on any atom is 0.191 e. The van der Waals surface area contributed by atoms with Gasteiger partial charge < -0.3 is 25.2 Å². The van der Waals surface area contributed by atoms with E-state index in [9.17, 15) is 5.11 Å². The maximum atomic E-state index is 9.98. The van der Waals surface area contributed by atoms with Crippen LogP contribution in [0, 0.1) is 0 Å². The Morgan fingerprint density at radius 3 is 2.36 bits per heavy atom.